The van der Waals surface area contributed by atoms with Crippen LogP contribution in [0.1, 0.15) is 18.1 Å². The fourth-order valence-corrected chi connectivity index (χ4v) is 1.53. The summed E-state index contributed by atoms with van der Waals surface area (Å²) < 4.78 is 1.02. The van der Waals surface area contributed by atoms with E-state index in [0.29, 0.717) is 0 Å². The first-order valence-corrected chi connectivity index (χ1v) is 4.33. The number of rotatable bonds is 2. The van der Waals surface area contributed by atoms with E-state index in [1.807, 2.05) is 12.3 Å². The second kappa shape index (κ2) is 3.67. The smallest absolute Gasteiger partial charge is 0.0433 e. The maximum Gasteiger partial charge on any atom is 0.0433 e. The Morgan fingerprint density at radius 3 is 2.82 bits per heavy atom. The van der Waals surface area contributed by atoms with Gasteiger partial charge in [0.15, 0.2) is 0 Å². The van der Waals surface area contributed by atoms with Crippen LogP contribution in [0.5, 0.6) is 0 Å². The molecular weight excluding hydrogens is 202 g/mol. The predicted octanol–water partition coefficient (Wildman–Crippen LogP) is 3.05. The van der Waals surface area contributed by atoms with Crippen molar-refractivity contribution in [3.63, 3.8) is 0 Å². The van der Waals surface area contributed by atoms with Crippen LogP contribution in [0, 0.1) is 0 Å². The Hall–Kier alpha value is -0.630. The highest BCUT2D eigenvalue weighted by Crippen LogP contribution is 2.20. The molecule has 0 saturated carbocycles. The largest absolute Gasteiger partial charge is 0.263 e. The van der Waals surface area contributed by atoms with Gasteiger partial charge in [0.1, 0.15) is 0 Å². The number of hydrogen-bond donors (Lipinski definition) is 0. The number of hydrogen-bond acceptors (Lipinski definition) is 1. The lowest BCUT2D eigenvalue weighted by Crippen LogP contribution is -1.88. The van der Waals surface area contributed by atoms with E-state index >= 15 is 0 Å². The quantitative estimate of drug-likeness (QED) is 0.734. The van der Waals surface area contributed by atoms with Gasteiger partial charge >= 0.3 is 0 Å². The van der Waals surface area contributed by atoms with E-state index in [2.05, 4.69) is 34.4 Å². The fourth-order valence-electron chi connectivity index (χ4n) is 0.995. The zero-order valence-corrected chi connectivity index (χ0v) is 8.06. The Morgan fingerprint density at radius 2 is 2.36 bits per heavy atom. The van der Waals surface area contributed by atoms with Gasteiger partial charge in [-0.2, -0.15) is 0 Å². The summed E-state index contributed by atoms with van der Waals surface area (Å²) in [7, 11) is 0. The average Bonchev–Trinajstić information content (AvgIpc) is 2.04. The Labute approximate surface area is 75.3 Å². The minimum absolute atomic E-state index is 0.994. The lowest BCUT2D eigenvalue weighted by atomic mass is 10.1. The van der Waals surface area contributed by atoms with Gasteiger partial charge in [-0.15, -0.1) is 0 Å². The van der Waals surface area contributed by atoms with Gasteiger partial charge in [-0.05, 0) is 33.5 Å². The van der Waals surface area contributed by atoms with E-state index in [-0.39, 0.29) is 0 Å². The van der Waals surface area contributed by atoms with Crippen LogP contribution in [0.4, 0.5) is 0 Å². The number of aryl methyl sites for hydroxylation is 1. The maximum atomic E-state index is 4.07. The SMILES string of the molecule is C=Cc1c(Br)cncc1CC. The van der Waals surface area contributed by atoms with E-state index in [0.717, 1.165) is 16.5 Å². The standard InChI is InChI=1S/C9H10BrN/c1-3-7-5-11-6-9(10)8(7)4-2/h4-6H,2-3H2,1H3. The third-order valence-electron chi connectivity index (χ3n) is 1.61. The molecule has 1 rings (SSSR count). The molecule has 0 unspecified atom stereocenters. The predicted molar refractivity (Wildman–Crippen MR) is 51.4 cm³/mol. The van der Waals surface area contributed by atoms with Gasteiger partial charge in [-0.3, -0.25) is 4.98 Å². The highest BCUT2D eigenvalue weighted by atomic mass is 79.9. The molecule has 0 N–H and O–H groups in total. The van der Waals surface area contributed by atoms with Crippen LogP contribution < -0.4 is 0 Å². The van der Waals surface area contributed by atoms with Gasteiger partial charge < -0.3 is 0 Å². The van der Waals surface area contributed by atoms with Crippen molar-refractivity contribution >= 4 is 22.0 Å². The van der Waals surface area contributed by atoms with Gasteiger partial charge in [-0.25, -0.2) is 0 Å². The molecule has 0 aliphatic heterocycles. The molecule has 0 aromatic carbocycles. The van der Waals surface area contributed by atoms with Crippen molar-refractivity contribution in [2.45, 2.75) is 13.3 Å². The topological polar surface area (TPSA) is 12.9 Å². The molecule has 1 nitrogen and oxygen atoms in total. The van der Waals surface area contributed by atoms with Crippen LogP contribution in [0.3, 0.4) is 0 Å². The minimum atomic E-state index is 0.994. The zero-order chi connectivity index (χ0) is 8.27. The molecule has 2 heteroatoms. The van der Waals surface area contributed by atoms with E-state index in [4.69, 9.17) is 0 Å². The summed E-state index contributed by atoms with van der Waals surface area (Å²) in [4.78, 5) is 4.07. The fraction of sp³-hybridized carbons (Fsp3) is 0.222. The molecule has 0 atom stereocenters. The van der Waals surface area contributed by atoms with Crippen molar-refractivity contribution in [1.82, 2.24) is 4.98 Å². The molecule has 0 amide bonds. The number of aromatic nitrogens is 1. The summed E-state index contributed by atoms with van der Waals surface area (Å²) in [5, 5.41) is 0. The zero-order valence-electron chi connectivity index (χ0n) is 6.47. The first-order valence-electron chi connectivity index (χ1n) is 3.54. The summed E-state index contributed by atoms with van der Waals surface area (Å²) in [5.41, 5.74) is 2.39. The summed E-state index contributed by atoms with van der Waals surface area (Å²) in [6.07, 6.45) is 6.51. The summed E-state index contributed by atoms with van der Waals surface area (Å²) >= 11 is 3.41. The summed E-state index contributed by atoms with van der Waals surface area (Å²) in [6.45, 7) is 5.85. The van der Waals surface area contributed by atoms with Gasteiger partial charge in [0.2, 0.25) is 0 Å². The van der Waals surface area contributed by atoms with Crippen molar-refractivity contribution in [3.8, 4) is 0 Å². The molecule has 0 aliphatic rings. The molecule has 1 aromatic heterocycles. The van der Waals surface area contributed by atoms with E-state index in [1.165, 1.54) is 5.56 Å². The summed E-state index contributed by atoms with van der Waals surface area (Å²) in [5.74, 6) is 0. The third-order valence-corrected chi connectivity index (χ3v) is 2.24. The monoisotopic (exact) mass is 211 g/mol. The molecule has 0 aliphatic carbocycles. The Kier molecular flexibility index (Phi) is 2.83. The average molecular weight is 212 g/mol. The van der Waals surface area contributed by atoms with Crippen molar-refractivity contribution in [2.75, 3.05) is 0 Å². The van der Waals surface area contributed by atoms with Gasteiger partial charge in [0, 0.05) is 16.9 Å². The first-order chi connectivity index (χ1) is 5.29. The normalized spacial score (nSPS) is 9.64. The van der Waals surface area contributed by atoms with Crippen LogP contribution in [-0.2, 0) is 6.42 Å². The van der Waals surface area contributed by atoms with Crippen LogP contribution >= 0.6 is 15.9 Å². The summed E-state index contributed by atoms with van der Waals surface area (Å²) in [6, 6.07) is 0. The van der Waals surface area contributed by atoms with Gasteiger partial charge in [0.05, 0.1) is 0 Å². The number of nitrogens with zero attached hydrogens (tertiary/aromatic N) is 1. The van der Waals surface area contributed by atoms with E-state index < -0.39 is 0 Å². The molecule has 11 heavy (non-hydrogen) atoms. The van der Waals surface area contributed by atoms with Gasteiger partial charge in [-0.1, -0.05) is 19.6 Å². The molecular formula is C9H10BrN. The second-order valence-corrected chi connectivity index (χ2v) is 3.11. The maximum absolute atomic E-state index is 4.07. The van der Waals surface area contributed by atoms with Crippen molar-refractivity contribution < 1.29 is 0 Å². The molecule has 58 valence electrons. The van der Waals surface area contributed by atoms with Crippen molar-refractivity contribution in [1.29, 1.82) is 0 Å². The molecule has 0 fully saturated rings. The Bertz CT molecular complexity index is 268. The van der Waals surface area contributed by atoms with Crippen molar-refractivity contribution in [2.24, 2.45) is 0 Å². The van der Waals surface area contributed by atoms with Crippen LogP contribution in [0.15, 0.2) is 23.4 Å². The highest BCUT2D eigenvalue weighted by molar-refractivity contribution is 9.10. The molecule has 0 saturated heterocycles. The highest BCUT2D eigenvalue weighted by Gasteiger charge is 2.00. The van der Waals surface area contributed by atoms with Crippen molar-refractivity contribution in [3.05, 3.63) is 34.6 Å². The first kappa shape index (κ1) is 8.47. The Morgan fingerprint density at radius 1 is 1.64 bits per heavy atom. The molecule has 1 aromatic rings. The van der Waals surface area contributed by atoms with E-state index in [9.17, 15) is 0 Å². The minimum Gasteiger partial charge on any atom is -0.263 e. The molecule has 0 radical (unpaired) electrons. The molecule has 0 spiro atoms. The Balaban J connectivity index is 3.24. The third kappa shape index (κ3) is 1.69. The lowest BCUT2D eigenvalue weighted by Gasteiger charge is -2.03. The van der Waals surface area contributed by atoms with E-state index in [1.54, 1.807) is 6.20 Å². The van der Waals surface area contributed by atoms with Crippen LogP contribution in [-0.4, -0.2) is 4.98 Å². The van der Waals surface area contributed by atoms with Gasteiger partial charge in [0.25, 0.3) is 0 Å². The number of halogens is 1. The van der Waals surface area contributed by atoms with Crippen LogP contribution in [0.2, 0.25) is 0 Å². The van der Waals surface area contributed by atoms with Crippen LogP contribution in [0.25, 0.3) is 6.08 Å². The molecule has 1 heterocycles. The lowest BCUT2D eigenvalue weighted by molar-refractivity contribution is 1.09. The second-order valence-electron chi connectivity index (χ2n) is 2.25. The molecule has 0 bridgehead atoms. The number of pyridine rings is 1.